The van der Waals surface area contributed by atoms with Crippen molar-refractivity contribution in [3.8, 4) is 0 Å². The summed E-state index contributed by atoms with van der Waals surface area (Å²) >= 11 is 0. The van der Waals surface area contributed by atoms with Crippen molar-refractivity contribution in [3.63, 3.8) is 0 Å². The van der Waals surface area contributed by atoms with Gasteiger partial charge in [-0.3, -0.25) is 19.2 Å². The lowest BCUT2D eigenvalue weighted by Gasteiger charge is -2.23. The molecule has 0 heterocycles. The van der Waals surface area contributed by atoms with Crippen LogP contribution in [-0.4, -0.2) is 54.7 Å². The van der Waals surface area contributed by atoms with E-state index < -0.39 is 5.97 Å². The van der Waals surface area contributed by atoms with E-state index in [0.29, 0.717) is 43.2 Å². The molecule has 0 atom stereocenters. The van der Waals surface area contributed by atoms with Crippen LogP contribution in [-0.2, 0) is 20.7 Å². The highest BCUT2D eigenvalue weighted by molar-refractivity contribution is 5.69. The third-order valence-electron chi connectivity index (χ3n) is 8.31. The Kier molecular flexibility index (Phi) is 23.6. The molecule has 0 bridgehead atoms. The lowest BCUT2D eigenvalue weighted by molar-refractivity contribution is -0.144. The standard InChI is InChI=1S/C36H64N2O6/c1-4-5-6-7-8-15-20-28-44-33(41)23-17-12-10-14-19-26-38(25-18-13-9-11-16-22-32(39)40)27-21-24-37-34-31(29-30(2)3)35(42)36(34)43/h30,37H,4-29H2,1-3H3,(H,39,40). The molecule has 0 unspecified atom stereocenters. The van der Waals surface area contributed by atoms with E-state index in [-0.39, 0.29) is 23.2 Å². The first-order chi connectivity index (χ1) is 21.3. The third kappa shape index (κ3) is 19.9. The zero-order valence-corrected chi connectivity index (χ0v) is 28.4. The normalized spacial score (nSPS) is 11.6. The van der Waals surface area contributed by atoms with Crippen LogP contribution in [0.1, 0.15) is 155 Å². The lowest BCUT2D eigenvalue weighted by atomic mass is 9.97. The van der Waals surface area contributed by atoms with Gasteiger partial charge in [0.2, 0.25) is 10.9 Å². The number of esters is 1. The Labute approximate surface area is 267 Å². The van der Waals surface area contributed by atoms with Crippen molar-refractivity contribution >= 4 is 17.6 Å². The first kappa shape index (κ1) is 39.8. The van der Waals surface area contributed by atoms with E-state index in [9.17, 15) is 19.2 Å². The number of nitrogens with one attached hydrogen (secondary N) is 1. The molecule has 0 spiro atoms. The highest BCUT2D eigenvalue weighted by Gasteiger charge is 2.20. The van der Waals surface area contributed by atoms with Crippen molar-refractivity contribution in [2.45, 2.75) is 156 Å². The molecule has 0 amide bonds. The van der Waals surface area contributed by atoms with Gasteiger partial charge in [0.05, 0.1) is 12.3 Å². The summed E-state index contributed by atoms with van der Waals surface area (Å²) in [6, 6.07) is 0. The van der Waals surface area contributed by atoms with Gasteiger partial charge in [-0.1, -0.05) is 97.8 Å². The minimum Gasteiger partial charge on any atom is -0.481 e. The third-order valence-corrected chi connectivity index (χ3v) is 8.31. The average Bonchev–Trinajstić information content (AvgIpc) is 2.99. The zero-order chi connectivity index (χ0) is 32.4. The predicted molar refractivity (Wildman–Crippen MR) is 181 cm³/mol. The molecule has 0 aliphatic carbocycles. The maximum atomic E-state index is 12.0. The smallest absolute Gasteiger partial charge is 0.305 e. The van der Waals surface area contributed by atoms with Gasteiger partial charge in [-0.05, 0) is 70.5 Å². The maximum absolute atomic E-state index is 12.0. The molecule has 0 radical (unpaired) electrons. The number of carbonyl (C=O) groups excluding carboxylic acids is 1. The van der Waals surface area contributed by atoms with Gasteiger partial charge in [0.1, 0.15) is 0 Å². The Balaban J connectivity index is 2.25. The van der Waals surface area contributed by atoms with Gasteiger partial charge in [-0.2, -0.15) is 0 Å². The minimum absolute atomic E-state index is 0.0567. The van der Waals surface area contributed by atoms with Crippen molar-refractivity contribution in [3.05, 3.63) is 26.0 Å². The van der Waals surface area contributed by atoms with Crippen molar-refractivity contribution in [1.29, 1.82) is 0 Å². The summed E-state index contributed by atoms with van der Waals surface area (Å²) in [4.78, 5) is 49.2. The van der Waals surface area contributed by atoms with Gasteiger partial charge in [0.25, 0.3) is 0 Å². The number of rotatable bonds is 31. The van der Waals surface area contributed by atoms with Crippen molar-refractivity contribution in [2.75, 3.05) is 38.1 Å². The summed E-state index contributed by atoms with van der Waals surface area (Å²) < 4.78 is 5.40. The molecule has 1 aromatic rings. The van der Waals surface area contributed by atoms with E-state index in [0.717, 1.165) is 103 Å². The van der Waals surface area contributed by atoms with Crippen LogP contribution in [0.2, 0.25) is 0 Å². The second kappa shape index (κ2) is 26.0. The highest BCUT2D eigenvalue weighted by atomic mass is 16.5. The molecule has 0 aliphatic heterocycles. The van der Waals surface area contributed by atoms with E-state index in [1.165, 1.54) is 32.1 Å². The molecule has 44 heavy (non-hydrogen) atoms. The zero-order valence-electron chi connectivity index (χ0n) is 28.4. The van der Waals surface area contributed by atoms with Crippen LogP contribution >= 0.6 is 0 Å². The molecule has 1 rings (SSSR count). The van der Waals surface area contributed by atoms with E-state index in [1.54, 1.807) is 0 Å². The number of carbonyl (C=O) groups is 2. The van der Waals surface area contributed by atoms with Crippen molar-refractivity contribution in [1.82, 2.24) is 4.90 Å². The number of carboxylic acids is 1. The van der Waals surface area contributed by atoms with E-state index in [2.05, 4.69) is 31.0 Å². The van der Waals surface area contributed by atoms with Crippen LogP contribution in [0.15, 0.2) is 9.59 Å². The molecule has 0 aromatic heterocycles. The molecule has 254 valence electrons. The molecule has 0 fully saturated rings. The molecule has 2 N–H and O–H groups in total. The summed E-state index contributed by atoms with van der Waals surface area (Å²) in [5, 5.41) is 12.0. The molecule has 8 nitrogen and oxygen atoms in total. The number of anilines is 1. The van der Waals surface area contributed by atoms with E-state index in [1.807, 2.05) is 0 Å². The average molecular weight is 621 g/mol. The van der Waals surface area contributed by atoms with Crippen LogP contribution in [0, 0.1) is 5.92 Å². The number of hydrogen-bond donors (Lipinski definition) is 2. The van der Waals surface area contributed by atoms with Gasteiger partial charge in [-0.25, -0.2) is 0 Å². The number of unbranched alkanes of at least 4 members (excludes halogenated alkanes) is 14. The summed E-state index contributed by atoms with van der Waals surface area (Å²) in [6.45, 7) is 10.5. The number of ether oxygens (including phenoxy) is 1. The SMILES string of the molecule is CCCCCCCCCOC(=O)CCCCCCCN(CCCCCCCC(=O)O)CCCNc1c(CC(C)C)c(=O)c1=O. The van der Waals surface area contributed by atoms with Crippen molar-refractivity contribution in [2.24, 2.45) is 5.92 Å². The molecular formula is C36H64N2O6. The Hall–Kier alpha value is -2.22. The number of hydrogen-bond acceptors (Lipinski definition) is 7. The van der Waals surface area contributed by atoms with E-state index >= 15 is 0 Å². The Bertz CT molecular complexity index is 953. The van der Waals surface area contributed by atoms with Crippen LogP contribution in [0.3, 0.4) is 0 Å². The highest BCUT2D eigenvalue weighted by Crippen LogP contribution is 2.14. The number of carboxylic acid groups (broad SMARTS) is 1. The molecule has 0 aliphatic rings. The fraction of sp³-hybridized carbons (Fsp3) is 0.833. The molecule has 0 saturated heterocycles. The first-order valence-electron chi connectivity index (χ1n) is 17.9. The van der Waals surface area contributed by atoms with Crippen LogP contribution in [0.25, 0.3) is 0 Å². The maximum Gasteiger partial charge on any atom is 0.305 e. The number of nitrogens with zero attached hydrogens (tertiary/aromatic N) is 1. The molecular weight excluding hydrogens is 556 g/mol. The molecule has 8 heteroatoms. The van der Waals surface area contributed by atoms with Gasteiger partial charge in [-0.15, -0.1) is 0 Å². The Morgan fingerprint density at radius 3 is 1.82 bits per heavy atom. The van der Waals surface area contributed by atoms with Crippen LogP contribution in [0.4, 0.5) is 5.69 Å². The van der Waals surface area contributed by atoms with Crippen LogP contribution in [0.5, 0.6) is 0 Å². The van der Waals surface area contributed by atoms with Crippen LogP contribution < -0.4 is 16.2 Å². The van der Waals surface area contributed by atoms with Crippen molar-refractivity contribution < 1.29 is 19.4 Å². The quantitative estimate of drug-likeness (QED) is 0.0495. The van der Waals surface area contributed by atoms with E-state index in [4.69, 9.17) is 9.84 Å². The molecule has 1 aromatic carbocycles. The number of aliphatic carboxylic acids is 1. The Morgan fingerprint density at radius 2 is 1.23 bits per heavy atom. The second-order valence-corrected chi connectivity index (χ2v) is 13.0. The monoisotopic (exact) mass is 620 g/mol. The molecule has 0 saturated carbocycles. The summed E-state index contributed by atoms with van der Waals surface area (Å²) in [6.07, 6.45) is 21.1. The first-order valence-corrected chi connectivity index (χ1v) is 17.9. The second-order valence-electron chi connectivity index (χ2n) is 13.0. The summed E-state index contributed by atoms with van der Waals surface area (Å²) in [7, 11) is 0. The minimum atomic E-state index is -0.719. The van der Waals surface area contributed by atoms with Gasteiger partial charge in [0, 0.05) is 24.9 Å². The lowest BCUT2D eigenvalue weighted by Crippen LogP contribution is -2.39. The summed E-state index contributed by atoms with van der Waals surface area (Å²) in [5.74, 6) is -0.436. The fourth-order valence-corrected chi connectivity index (χ4v) is 5.67. The topological polar surface area (TPSA) is 113 Å². The Morgan fingerprint density at radius 1 is 0.705 bits per heavy atom. The largest absolute Gasteiger partial charge is 0.481 e. The fourth-order valence-electron chi connectivity index (χ4n) is 5.67. The predicted octanol–water partition coefficient (Wildman–Crippen LogP) is 7.64. The van der Waals surface area contributed by atoms with Gasteiger partial charge >= 0.3 is 11.9 Å². The van der Waals surface area contributed by atoms with Gasteiger partial charge < -0.3 is 20.1 Å². The summed E-state index contributed by atoms with van der Waals surface area (Å²) in [5.41, 5.74) is 0.484. The van der Waals surface area contributed by atoms with Gasteiger partial charge in [0.15, 0.2) is 0 Å².